The van der Waals surface area contributed by atoms with Crippen molar-refractivity contribution in [1.29, 1.82) is 0 Å². The van der Waals surface area contributed by atoms with E-state index >= 15 is 0 Å². The van der Waals surface area contributed by atoms with Gasteiger partial charge in [-0.2, -0.15) is 0 Å². The Morgan fingerprint density at radius 2 is 1.75 bits per heavy atom. The van der Waals surface area contributed by atoms with Crippen molar-refractivity contribution in [2.24, 2.45) is 0 Å². The van der Waals surface area contributed by atoms with Gasteiger partial charge in [-0.25, -0.2) is 4.39 Å². The highest BCUT2D eigenvalue weighted by Crippen LogP contribution is 2.46. The first-order chi connectivity index (χ1) is 17.5. The number of ether oxygens (including phenoxy) is 1. The van der Waals surface area contributed by atoms with Gasteiger partial charge in [-0.3, -0.25) is 9.59 Å². The van der Waals surface area contributed by atoms with Crippen LogP contribution in [0.25, 0.3) is 0 Å². The van der Waals surface area contributed by atoms with Gasteiger partial charge in [0.1, 0.15) is 11.6 Å². The molecule has 3 aromatic rings. The number of amides is 2. The van der Waals surface area contributed by atoms with Crippen LogP contribution in [0.5, 0.6) is 5.75 Å². The van der Waals surface area contributed by atoms with E-state index in [1.165, 1.54) is 18.2 Å². The fraction of sp³-hybridized carbons (Fsp3) is 0.310. The lowest BCUT2D eigenvalue weighted by Crippen LogP contribution is -2.51. The molecule has 3 aromatic carbocycles. The van der Waals surface area contributed by atoms with Gasteiger partial charge in [-0.05, 0) is 60.4 Å². The Labute approximate surface area is 215 Å². The molecule has 1 aliphatic carbocycles. The molecular formula is C29H28ClFN2O3. The maximum absolute atomic E-state index is 14.0. The second-order valence-corrected chi connectivity index (χ2v) is 9.81. The van der Waals surface area contributed by atoms with Crippen molar-refractivity contribution in [2.75, 3.05) is 12.4 Å². The first-order valence-electron chi connectivity index (χ1n) is 12.3. The van der Waals surface area contributed by atoms with Gasteiger partial charge in [0.05, 0.1) is 24.1 Å². The van der Waals surface area contributed by atoms with Crippen LogP contribution in [-0.4, -0.2) is 29.9 Å². The van der Waals surface area contributed by atoms with Crippen LogP contribution in [-0.2, 0) is 4.79 Å². The van der Waals surface area contributed by atoms with Crippen molar-refractivity contribution in [1.82, 2.24) is 4.90 Å². The van der Waals surface area contributed by atoms with E-state index in [2.05, 4.69) is 5.32 Å². The Kier molecular flexibility index (Phi) is 6.97. The summed E-state index contributed by atoms with van der Waals surface area (Å²) in [6, 6.07) is 18.5. The minimum absolute atomic E-state index is 0.0438. The first-order valence-corrected chi connectivity index (χ1v) is 12.7. The summed E-state index contributed by atoms with van der Waals surface area (Å²) >= 11 is 5.97. The van der Waals surface area contributed by atoms with Crippen LogP contribution in [0.1, 0.15) is 65.5 Å². The highest BCUT2D eigenvalue weighted by Gasteiger charge is 2.46. The summed E-state index contributed by atoms with van der Waals surface area (Å²) in [7, 11) is 1.60. The molecule has 1 fully saturated rings. The molecule has 2 amide bonds. The number of anilines is 1. The van der Waals surface area contributed by atoms with E-state index in [9.17, 15) is 14.0 Å². The summed E-state index contributed by atoms with van der Waals surface area (Å²) in [5.41, 5.74) is 2.49. The molecule has 0 spiro atoms. The maximum atomic E-state index is 14.0. The number of carbonyl (C=O) groups is 2. The van der Waals surface area contributed by atoms with E-state index in [1.807, 2.05) is 47.4 Å². The van der Waals surface area contributed by atoms with Gasteiger partial charge >= 0.3 is 0 Å². The van der Waals surface area contributed by atoms with Crippen molar-refractivity contribution in [3.63, 3.8) is 0 Å². The molecule has 1 saturated carbocycles. The van der Waals surface area contributed by atoms with Crippen molar-refractivity contribution < 1.29 is 18.7 Å². The van der Waals surface area contributed by atoms with Crippen molar-refractivity contribution in [3.8, 4) is 5.75 Å². The number of hydrogen-bond acceptors (Lipinski definition) is 3. The van der Waals surface area contributed by atoms with Crippen LogP contribution in [0, 0.1) is 5.82 Å². The molecule has 5 rings (SSSR count). The van der Waals surface area contributed by atoms with Crippen molar-refractivity contribution >= 4 is 29.1 Å². The smallest absolute Gasteiger partial charge is 0.254 e. The summed E-state index contributed by atoms with van der Waals surface area (Å²) in [4.78, 5) is 29.8. The number of hydrogen-bond donors (Lipinski definition) is 1. The lowest BCUT2D eigenvalue weighted by molar-refractivity contribution is -0.119. The lowest BCUT2D eigenvalue weighted by Gasteiger charge is -2.46. The largest absolute Gasteiger partial charge is 0.497 e. The molecule has 5 nitrogen and oxygen atoms in total. The Morgan fingerprint density at radius 3 is 2.44 bits per heavy atom. The lowest BCUT2D eigenvalue weighted by atomic mass is 9.77. The number of halogens is 2. The number of carbonyl (C=O) groups excluding carboxylic acids is 2. The summed E-state index contributed by atoms with van der Waals surface area (Å²) in [5.74, 6) is -0.847. The number of methoxy groups -OCH3 is 1. The Hall–Kier alpha value is -3.38. The van der Waals surface area contributed by atoms with E-state index in [4.69, 9.17) is 16.3 Å². The molecule has 36 heavy (non-hydrogen) atoms. The van der Waals surface area contributed by atoms with Gasteiger partial charge in [0, 0.05) is 17.3 Å². The van der Waals surface area contributed by atoms with Gasteiger partial charge in [0.15, 0.2) is 0 Å². The summed E-state index contributed by atoms with van der Waals surface area (Å²) in [5, 5.41) is 2.86. The molecule has 2 aliphatic rings. The normalized spacial score (nSPS) is 20.1. The third-order valence-corrected chi connectivity index (χ3v) is 7.56. The van der Waals surface area contributed by atoms with Crippen molar-refractivity contribution in [2.45, 2.75) is 50.1 Å². The second kappa shape index (κ2) is 10.3. The Balaban J connectivity index is 1.63. The van der Waals surface area contributed by atoms with E-state index < -0.39 is 17.8 Å². The van der Waals surface area contributed by atoms with Gasteiger partial charge < -0.3 is 15.0 Å². The molecule has 0 radical (unpaired) electrons. The molecule has 0 aromatic heterocycles. The highest BCUT2D eigenvalue weighted by atomic mass is 35.5. The number of nitrogens with one attached hydrogen (secondary N) is 1. The van der Waals surface area contributed by atoms with Gasteiger partial charge in [0.2, 0.25) is 5.91 Å². The zero-order valence-corrected chi connectivity index (χ0v) is 20.8. The fourth-order valence-electron chi connectivity index (χ4n) is 5.54. The Morgan fingerprint density at radius 1 is 1.03 bits per heavy atom. The van der Waals surface area contributed by atoms with Crippen LogP contribution < -0.4 is 10.1 Å². The predicted molar refractivity (Wildman–Crippen MR) is 138 cm³/mol. The number of nitrogens with zero attached hydrogens (tertiary/aromatic N) is 1. The van der Waals surface area contributed by atoms with Gasteiger partial charge in [-0.1, -0.05) is 61.2 Å². The highest BCUT2D eigenvalue weighted by molar-refractivity contribution is 6.31. The fourth-order valence-corrected chi connectivity index (χ4v) is 5.72. The average molecular weight is 507 g/mol. The molecule has 1 aliphatic heterocycles. The predicted octanol–water partition coefficient (Wildman–Crippen LogP) is 6.74. The molecule has 7 heteroatoms. The van der Waals surface area contributed by atoms with Crippen LogP contribution in [0.4, 0.5) is 10.1 Å². The number of fused-ring (bicyclic) bond motifs is 1. The van der Waals surface area contributed by atoms with E-state index in [1.54, 1.807) is 13.2 Å². The maximum Gasteiger partial charge on any atom is 0.254 e. The second-order valence-electron chi connectivity index (χ2n) is 9.41. The van der Waals surface area contributed by atoms with E-state index in [0.717, 1.165) is 37.7 Å². The molecule has 186 valence electrons. The minimum atomic E-state index is -0.668. The van der Waals surface area contributed by atoms with Crippen molar-refractivity contribution in [3.05, 3.63) is 94.3 Å². The minimum Gasteiger partial charge on any atom is -0.497 e. The Bertz CT molecular complexity index is 1270. The van der Waals surface area contributed by atoms with Gasteiger partial charge in [0.25, 0.3) is 5.91 Å². The van der Waals surface area contributed by atoms with E-state index in [-0.39, 0.29) is 22.9 Å². The molecule has 0 saturated heterocycles. The molecule has 0 bridgehead atoms. The molecule has 0 unspecified atom stereocenters. The van der Waals surface area contributed by atoms with Gasteiger partial charge in [-0.15, -0.1) is 0 Å². The molecule has 2 atom stereocenters. The molecular weight excluding hydrogens is 479 g/mol. The summed E-state index contributed by atoms with van der Waals surface area (Å²) in [6.45, 7) is 0. The third kappa shape index (κ3) is 4.58. The SMILES string of the molecule is COc1ccc([C@H]2[C@@H](C(=O)Nc3ccc(F)c(Cl)c3)c3ccccc3C(=O)N2C2CCCCC2)cc1. The van der Waals surface area contributed by atoms with Crippen LogP contribution >= 0.6 is 11.6 Å². The van der Waals surface area contributed by atoms with Crippen LogP contribution in [0.2, 0.25) is 5.02 Å². The standard InChI is InChI=1S/C29H28ClFN2O3/c1-36-21-14-11-18(12-15-21)27-26(28(34)32-19-13-16-25(31)24(30)17-19)22-9-5-6-10-23(22)29(35)33(27)20-7-3-2-4-8-20/h5-6,9-17,20,26-27H,2-4,7-8H2,1H3,(H,32,34)/t26-,27-/m0/s1. The average Bonchev–Trinajstić information content (AvgIpc) is 2.91. The topological polar surface area (TPSA) is 58.6 Å². The number of benzene rings is 3. The van der Waals surface area contributed by atoms with E-state index in [0.29, 0.717) is 22.6 Å². The monoisotopic (exact) mass is 506 g/mol. The summed E-state index contributed by atoms with van der Waals surface area (Å²) < 4.78 is 19.1. The quantitative estimate of drug-likeness (QED) is 0.417. The molecule has 1 heterocycles. The van der Waals surface area contributed by atoms with Crippen LogP contribution in [0.3, 0.4) is 0 Å². The third-order valence-electron chi connectivity index (χ3n) is 7.27. The molecule has 1 N–H and O–H groups in total. The number of rotatable bonds is 5. The zero-order valence-electron chi connectivity index (χ0n) is 20.0. The van der Waals surface area contributed by atoms with Crippen LogP contribution in [0.15, 0.2) is 66.7 Å². The first kappa shape index (κ1) is 24.3. The zero-order chi connectivity index (χ0) is 25.2. The summed E-state index contributed by atoms with van der Waals surface area (Å²) in [6.07, 6.45) is 5.06.